The lowest BCUT2D eigenvalue weighted by Crippen LogP contribution is -2.53. The minimum atomic E-state index is -0.413. The Morgan fingerprint density at radius 2 is 1.94 bits per heavy atom. The van der Waals surface area contributed by atoms with Crippen LogP contribution in [0.15, 0.2) is 65.6 Å². The molecule has 166 valence electrons. The number of nitrogens with one attached hydrogen (secondary N) is 2. The molecule has 3 aromatic rings. The fraction of sp³-hybridized carbons (Fsp3) is 0.320. The van der Waals surface area contributed by atoms with Gasteiger partial charge in [0.25, 0.3) is 0 Å². The van der Waals surface area contributed by atoms with E-state index in [9.17, 15) is 4.79 Å². The third kappa shape index (κ3) is 4.51. The van der Waals surface area contributed by atoms with E-state index in [-0.39, 0.29) is 5.43 Å². The van der Waals surface area contributed by atoms with Gasteiger partial charge in [-0.1, -0.05) is 32.0 Å². The summed E-state index contributed by atoms with van der Waals surface area (Å²) < 4.78 is 7.34. The van der Waals surface area contributed by atoms with Crippen LogP contribution in [0.1, 0.15) is 32.0 Å². The van der Waals surface area contributed by atoms with Crippen molar-refractivity contribution in [1.29, 1.82) is 5.41 Å². The number of nitrogens with zero attached hydrogens (tertiary/aromatic N) is 3. The molecule has 0 saturated carbocycles. The molecule has 1 atom stereocenters. The molecule has 1 fully saturated rings. The van der Waals surface area contributed by atoms with Gasteiger partial charge < -0.3 is 20.4 Å². The lowest BCUT2D eigenvalue weighted by atomic mass is 9.84. The molecule has 2 heterocycles. The molecule has 0 aliphatic carbocycles. The largest absolute Gasteiger partial charge is 0.494 e. The van der Waals surface area contributed by atoms with Gasteiger partial charge in [-0.25, -0.2) is 4.68 Å². The predicted molar refractivity (Wildman–Crippen MR) is 129 cm³/mol. The summed E-state index contributed by atoms with van der Waals surface area (Å²) in [6, 6.07) is 16.8. The Bertz CT molecular complexity index is 1150. The first kappa shape index (κ1) is 21.6. The SMILES string of the molecule is COc1cc(N2CC(C)(C)C2)ccc1-n1ccc(=O)c(C(CC=N)Nc2ccccc2)n1. The fourth-order valence-electron chi connectivity index (χ4n) is 4.11. The number of benzene rings is 2. The van der Waals surface area contributed by atoms with Crippen LogP contribution in [0.25, 0.3) is 5.69 Å². The van der Waals surface area contributed by atoms with Crippen LogP contribution in [0.4, 0.5) is 11.4 Å². The molecule has 0 amide bonds. The lowest BCUT2D eigenvalue weighted by Gasteiger charge is -2.47. The molecule has 1 unspecified atom stereocenters. The van der Waals surface area contributed by atoms with E-state index in [0.29, 0.717) is 23.3 Å². The Hall–Kier alpha value is -3.61. The van der Waals surface area contributed by atoms with Gasteiger partial charge in [-0.15, -0.1) is 0 Å². The van der Waals surface area contributed by atoms with Gasteiger partial charge in [-0.2, -0.15) is 5.10 Å². The summed E-state index contributed by atoms with van der Waals surface area (Å²) in [6.07, 6.45) is 3.30. The van der Waals surface area contributed by atoms with Crippen molar-refractivity contribution in [2.75, 3.05) is 30.4 Å². The van der Waals surface area contributed by atoms with Gasteiger partial charge in [-0.3, -0.25) is 4.79 Å². The highest BCUT2D eigenvalue weighted by molar-refractivity contribution is 5.60. The Balaban J connectivity index is 1.67. The van der Waals surface area contributed by atoms with E-state index in [0.717, 1.165) is 30.2 Å². The fourth-order valence-corrected chi connectivity index (χ4v) is 4.11. The first-order chi connectivity index (χ1) is 15.4. The number of para-hydroxylation sites is 1. The van der Waals surface area contributed by atoms with Crippen LogP contribution in [-0.2, 0) is 0 Å². The summed E-state index contributed by atoms with van der Waals surface area (Å²) in [4.78, 5) is 15.0. The van der Waals surface area contributed by atoms with E-state index < -0.39 is 6.04 Å². The molecule has 32 heavy (non-hydrogen) atoms. The number of hydrogen-bond acceptors (Lipinski definition) is 6. The molecule has 1 aliphatic heterocycles. The normalized spacial score (nSPS) is 15.5. The predicted octanol–water partition coefficient (Wildman–Crippen LogP) is 4.28. The third-order valence-electron chi connectivity index (χ3n) is 5.65. The topological polar surface area (TPSA) is 83.2 Å². The number of aromatic nitrogens is 2. The molecule has 1 saturated heterocycles. The van der Waals surface area contributed by atoms with E-state index in [1.165, 1.54) is 12.3 Å². The quantitative estimate of drug-likeness (QED) is 0.520. The summed E-state index contributed by atoms with van der Waals surface area (Å²) in [7, 11) is 1.64. The summed E-state index contributed by atoms with van der Waals surface area (Å²) in [5.74, 6) is 0.689. The minimum Gasteiger partial charge on any atom is -0.494 e. The van der Waals surface area contributed by atoms with E-state index in [1.807, 2.05) is 42.5 Å². The molecule has 2 aromatic carbocycles. The maximum atomic E-state index is 12.7. The van der Waals surface area contributed by atoms with E-state index in [4.69, 9.17) is 10.1 Å². The van der Waals surface area contributed by atoms with Crippen molar-refractivity contribution in [1.82, 2.24) is 9.78 Å². The van der Waals surface area contributed by atoms with Crippen molar-refractivity contribution in [3.05, 3.63) is 76.7 Å². The average molecular weight is 432 g/mol. The van der Waals surface area contributed by atoms with Gasteiger partial charge in [0.2, 0.25) is 5.43 Å². The van der Waals surface area contributed by atoms with Crippen LogP contribution < -0.4 is 20.4 Å². The molecule has 1 aromatic heterocycles. The number of rotatable bonds is 8. The van der Waals surface area contributed by atoms with Crippen LogP contribution >= 0.6 is 0 Å². The highest BCUT2D eigenvalue weighted by Gasteiger charge is 2.34. The molecule has 4 rings (SSSR count). The van der Waals surface area contributed by atoms with Crippen LogP contribution in [-0.4, -0.2) is 36.2 Å². The molecule has 7 heteroatoms. The molecule has 0 spiro atoms. The van der Waals surface area contributed by atoms with Gasteiger partial charge in [0.1, 0.15) is 17.1 Å². The first-order valence-electron chi connectivity index (χ1n) is 10.7. The maximum absolute atomic E-state index is 12.7. The smallest absolute Gasteiger partial charge is 0.205 e. The van der Waals surface area contributed by atoms with Gasteiger partial charge in [0, 0.05) is 49.2 Å². The summed E-state index contributed by atoms with van der Waals surface area (Å²) >= 11 is 0. The molecule has 1 aliphatic rings. The number of ether oxygens (including phenoxy) is 1. The highest BCUT2D eigenvalue weighted by Crippen LogP contribution is 2.36. The molecule has 0 radical (unpaired) electrons. The zero-order valence-corrected chi connectivity index (χ0v) is 18.7. The van der Waals surface area contributed by atoms with E-state index in [1.54, 1.807) is 18.0 Å². The zero-order chi connectivity index (χ0) is 22.7. The number of anilines is 2. The van der Waals surface area contributed by atoms with Crippen molar-refractivity contribution in [2.45, 2.75) is 26.3 Å². The van der Waals surface area contributed by atoms with Crippen LogP contribution in [0.3, 0.4) is 0 Å². The number of hydrogen-bond donors (Lipinski definition) is 2. The molecular formula is C25H29N5O2. The maximum Gasteiger partial charge on any atom is 0.205 e. The Labute approximate surface area is 188 Å². The standard InChI is InChI=1S/C25H29N5O2/c1-25(2)16-29(17-25)19-9-10-21(23(15-19)32-3)30-14-12-22(31)24(28-30)20(11-13-26)27-18-7-5-4-6-8-18/h4-10,12-15,20,26-27H,11,16-17H2,1-3H3. The van der Waals surface area contributed by atoms with E-state index in [2.05, 4.69) is 35.2 Å². The van der Waals surface area contributed by atoms with Crippen molar-refractivity contribution in [2.24, 2.45) is 5.41 Å². The van der Waals surface area contributed by atoms with E-state index >= 15 is 0 Å². The first-order valence-corrected chi connectivity index (χ1v) is 10.7. The Morgan fingerprint density at radius 1 is 1.19 bits per heavy atom. The monoisotopic (exact) mass is 431 g/mol. The lowest BCUT2D eigenvalue weighted by molar-refractivity contribution is 0.276. The van der Waals surface area contributed by atoms with Gasteiger partial charge in [-0.05, 0) is 35.9 Å². The molecular weight excluding hydrogens is 402 g/mol. The van der Waals surface area contributed by atoms with Crippen LogP contribution in [0.5, 0.6) is 5.75 Å². The van der Waals surface area contributed by atoms with Gasteiger partial charge in [0.15, 0.2) is 0 Å². The average Bonchev–Trinajstić information content (AvgIpc) is 2.78. The summed E-state index contributed by atoms with van der Waals surface area (Å²) in [5.41, 5.74) is 3.25. The second kappa shape index (κ2) is 8.86. The summed E-state index contributed by atoms with van der Waals surface area (Å²) in [5, 5.41) is 15.6. The van der Waals surface area contributed by atoms with Crippen LogP contribution in [0.2, 0.25) is 0 Å². The Kier molecular flexibility index (Phi) is 5.99. The molecule has 7 nitrogen and oxygen atoms in total. The zero-order valence-electron chi connectivity index (χ0n) is 18.7. The molecule has 2 N–H and O–H groups in total. The van der Waals surface area contributed by atoms with Gasteiger partial charge >= 0.3 is 0 Å². The Morgan fingerprint density at radius 3 is 2.59 bits per heavy atom. The van der Waals surface area contributed by atoms with Gasteiger partial charge in [0.05, 0.1) is 13.2 Å². The second-order valence-corrected chi connectivity index (χ2v) is 8.89. The van der Waals surface area contributed by atoms with Crippen molar-refractivity contribution < 1.29 is 4.74 Å². The van der Waals surface area contributed by atoms with Crippen molar-refractivity contribution in [3.8, 4) is 11.4 Å². The third-order valence-corrected chi connectivity index (χ3v) is 5.65. The highest BCUT2D eigenvalue weighted by atomic mass is 16.5. The van der Waals surface area contributed by atoms with Crippen LogP contribution in [0, 0.1) is 10.8 Å². The molecule has 0 bridgehead atoms. The van der Waals surface area contributed by atoms with Crippen molar-refractivity contribution in [3.63, 3.8) is 0 Å². The number of methoxy groups -OCH3 is 1. The van der Waals surface area contributed by atoms with Crippen molar-refractivity contribution >= 4 is 17.6 Å². The summed E-state index contributed by atoms with van der Waals surface area (Å²) in [6.45, 7) is 6.53. The minimum absolute atomic E-state index is 0.171. The second-order valence-electron chi connectivity index (χ2n) is 8.89.